The predicted octanol–water partition coefficient (Wildman–Crippen LogP) is 4.76. The molecule has 0 radical (unpaired) electrons. The summed E-state index contributed by atoms with van der Waals surface area (Å²) in [5, 5.41) is 0. The van der Waals surface area contributed by atoms with E-state index >= 15 is 0 Å². The van der Waals surface area contributed by atoms with Crippen molar-refractivity contribution in [3.05, 3.63) is 70.8 Å². The second-order valence-corrected chi connectivity index (χ2v) is 11.5. The van der Waals surface area contributed by atoms with Gasteiger partial charge in [0.25, 0.3) is 0 Å². The van der Waals surface area contributed by atoms with Crippen molar-refractivity contribution in [2.24, 2.45) is 0 Å². The number of ether oxygens (including phenoxy) is 6. The van der Waals surface area contributed by atoms with Crippen LogP contribution in [0.15, 0.2) is 48.5 Å². The molecule has 0 spiro atoms. The Bertz CT molecular complexity index is 1810. The zero-order valence-corrected chi connectivity index (χ0v) is 28.2. The van der Waals surface area contributed by atoms with Gasteiger partial charge in [0.2, 0.25) is 5.91 Å². The molecular weight excluding hydrogens is 638 g/mol. The van der Waals surface area contributed by atoms with E-state index in [-0.39, 0.29) is 41.9 Å². The minimum atomic E-state index is -0.827. The zero-order valence-electron chi connectivity index (χ0n) is 28.2. The molecule has 3 aromatic rings. The number of esters is 5. The maximum absolute atomic E-state index is 13.4. The summed E-state index contributed by atoms with van der Waals surface area (Å²) in [5.74, 6) is -2.41. The van der Waals surface area contributed by atoms with Gasteiger partial charge >= 0.3 is 29.8 Å². The predicted molar refractivity (Wildman–Crippen MR) is 173 cm³/mol. The first-order valence-corrected chi connectivity index (χ1v) is 15.4. The lowest BCUT2D eigenvalue weighted by Crippen LogP contribution is -2.48. The molecule has 0 aromatic heterocycles. The maximum atomic E-state index is 13.4. The molecule has 1 aliphatic rings. The Kier molecular flexibility index (Phi) is 11.4. The van der Waals surface area contributed by atoms with Crippen LogP contribution in [0.5, 0.6) is 34.5 Å². The highest BCUT2D eigenvalue weighted by atomic mass is 16.6. The van der Waals surface area contributed by atoms with Crippen molar-refractivity contribution in [3.63, 3.8) is 0 Å². The summed E-state index contributed by atoms with van der Waals surface area (Å²) in [6.45, 7) is 9.57. The van der Waals surface area contributed by atoms with E-state index < -0.39 is 42.0 Å². The highest BCUT2D eigenvalue weighted by molar-refractivity contribution is 5.76. The van der Waals surface area contributed by atoms with Crippen molar-refractivity contribution in [3.8, 4) is 34.5 Å². The van der Waals surface area contributed by atoms with Crippen LogP contribution in [0.4, 0.5) is 0 Å². The number of carbonyl (C=O) groups excluding carboxylic acids is 6. The van der Waals surface area contributed by atoms with E-state index in [9.17, 15) is 28.8 Å². The summed E-state index contributed by atoms with van der Waals surface area (Å²) in [4.78, 5) is 74.1. The topological polar surface area (TPSA) is 161 Å². The number of rotatable bonds is 10. The molecular formula is C36H37NO12. The van der Waals surface area contributed by atoms with Gasteiger partial charge in [0.15, 0.2) is 23.0 Å². The third-order valence-corrected chi connectivity index (χ3v) is 7.35. The second kappa shape index (κ2) is 15.5. The number of hydrogen-bond donors (Lipinski definition) is 0. The van der Waals surface area contributed by atoms with Crippen LogP contribution >= 0.6 is 0 Å². The number of benzene rings is 3. The minimum Gasteiger partial charge on any atom is -0.483 e. The van der Waals surface area contributed by atoms with Gasteiger partial charge in [-0.25, -0.2) is 0 Å². The van der Waals surface area contributed by atoms with E-state index in [2.05, 4.69) is 0 Å². The summed E-state index contributed by atoms with van der Waals surface area (Å²) >= 11 is 0. The van der Waals surface area contributed by atoms with Gasteiger partial charge in [0, 0.05) is 60.1 Å². The molecule has 4 rings (SSSR count). The fourth-order valence-corrected chi connectivity index (χ4v) is 5.56. The summed E-state index contributed by atoms with van der Waals surface area (Å²) in [5.41, 5.74) is 2.52. The Hall–Kier alpha value is -5.72. The molecule has 1 heterocycles. The van der Waals surface area contributed by atoms with E-state index in [0.717, 1.165) is 5.56 Å². The van der Waals surface area contributed by atoms with Gasteiger partial charge in [-0.05, 0) is 66.4 Å². The standard InChI is InChI=1S/C36H37NO12/c1-19-14-32(46-23(5)41)28-18-29(36(49-33(28)15-19)27-9-11-31(45-22(4)40)35(17-27)48-25(7)43)37(20(2)38)13-12-26-8-10-30(44-21(3)39)34(16-26)47-24(6)42/h8-11,14-17,29,36H,12-13,18H2,1-7H3/t29-,36-/m1/s1. The van der Waals surface area contributed by atoms with Crippen LogP contribution < -0.4 is 28.4 Å². The minimum absolute atomic E-state index is 0.0153. The Labute approximate surface area is 283 Å². The molecule has 3 aromatic carbocycles. The van der Waals surface area contributed by atoms with Crippen molar-refractivity contribution < 1.29 is 57.2 Å². The Morgan fingerprint density at radius 2 is 1.16 bits per heavy atom. The molecule has 49 heavy (non-hydrogen) atoms. The SMILES string of the molecule is CC(=O)Oc1ccc(CCN(C(C)=O)[C@@H]2Cc3c(OC(C)=O)cc(C)cc3O[C@@H]2c2ccc(OC(C)=O)c(OC(C)=O)c2)cc1OC(C)=O. The van der Waals surface area contributed by atoms with Crippen LogP contribution in [-0.4, -0.2) is 53.2 Å². The van der Waals surface area contributed by atoms with Crippen LogP contribution in [0.1, 0.15) is 69.9 Å². The van der Waals surface area contributed by atoms with Gasteiger partial charge in [-0.2, -0.15) is 0 Å². The van der Waals surface area contributed by atoms with Crippen molar-refractivity contribution in [2.75, 3.05) is 6.54 Å². The maximum Gasteiger partial charge on any atom is 0.308 e. The fraction of sp³-hybridized carbons (Fsp3) is 0.333. The molecule has 0 N–H and O–H groups in total. The van der Waals surface area contributed by atoms with Gasteiger partial charge in [0.05, 0.1) is 6.04 Å². The van der Waals surface area contributed by atoms with Crippen molar-refractivity contribution in [2.45, 2.75) is 73.5 Å². The number of aryl methyl sites for hydroxylation is 1. The van der Waals surface area contributed by atoms with Crippen molar-refractivity contribution in [1.29, 1.82) is 0 Å². The zero-order chi connectivity index (χ0) is 36.0. The lowest BCUT2D eigenvalue weighted by molar-refractivity contribution is -0.135. The first kappa shape index (κ1) is 36.1. The number of hydrogen-bond acceptors (Lipinski definition) is 12. The molecule has 1 aliphatic heterocycles. The van der Waals surface area contributed by atoms with Gasteiger partial charge in [-0.3, -0.25) is 28.8 Å². The van der Waals surface area contributed by atoms with E-state index in [0.29, 0.717) is 34.6 Å². The van der Waals surface area contributed by atoms with Crippen molar-refractivity contribution >= 4 is 35.8 Å². The Morgan fingerprint density at radius 3 is 1.71 bits per heavy atom. The third-order valence-electron chi connectivity index (χ3n) is 7.35. The second-order valence-electron chi connectivity index (χ2n) is 11.5. The van der Waals surface area contributed by atoms with Crippen molar-refractivity contribution in [1.82, 2.24) is 4.90 Å². The largest absolute Gasteiger partial charge is 0.483 e. The molecule has 0 saturated heterocycles. The average Bonchev–Trinajstić information content (AvgIpc) is 2.97. The van der Waals surface area contributed by atoms with Gasteiger partial charge in [0.1, 0.15) is 17.6 Å². The summed E-state index contributed by atoms with van der Waals surface area (Å²) in [6, 6.07) is 12.2. The summed E-state index contributed by atoms with van der Waals surface area (Å²) in [7, 11) is 0. The van der Waals surface area contributed by atoms with E-state index in [4.69, 9.17) is 28.4 Å². The number of amides is 1. The molecule has 0 unspecified atom stereocenters. The summed E-state index contributed by atoms with van der Waals surface area (Å²) in [6.07, 6.45) is -0.327. The summed E-state index contributed by atoms with van der Waals surface area (Å²) < 4.78 is 33.2. The third kappa shape index (κ3) is 9.43. The highest BCUT2D eigenvalue weighted by Gasteiger charge is 2.39. The molecule has 0 bridgehead atoms. The van der Waals surface area contributed by atoms with Gasteiger partial charge in [-0.15, -0.1) is 0 Å². The molecule has 0 saturated carbocycles. The molecule has 13 heteroatoms. The van der Waals surface area contributed by atoms with E-state index in [1.54, 1.807) is 35.2 Å². The Morgan fingerprint density at radius 1 is 0.653 bits per heavy atom. The quantitative estimate of drug-likeness (QED) is 0.214. The van der Waals surface area contributed by atoms with E-state index in [1.807, 2.05) is 6.92 Å². The molecule has 0 fully saturated rings. The smallest absolute Gasteiger partial charge is 0.308 e. The number of carbonyl (C=O) groups is 6. The lowest BCUT2D eigenvalue weighted by Gasteiger charge is -2.41. The molecule has 258 valence electrons. The molecule has 0 aliphatic carbocycles. The van der Waals surface area contributed by atoms with Crippen LogP contribution in [0.3, 0.4) is 0 Å². The van der Waals surface area contributed by atoms with Crippen LogP contribution in [-0.2, 0) is 41.6 Å². The first-order chi connectivity index (χ1) is 23.1. The van der Waals surface area contributed by atoms with E-state index in [1.165, 1.54) is 59.7 Å². The van der Waals surface area contributed by atoms with Crippen LogP contribution in [0, 0.1) is 6.92 Å². The Balaban J connectivity index is 1.78. The average molecular weight is 676 g/mol. The van der Waals surface area contributed by atoms with Gasteiger partial charge < -0.3 is 33.3 Å². The molecule has 13 nitrogen and oxygen atoms in total. The van der Waals surface area contributed by atoms with Crippen LogP contribution in [0.25, 0.3) is 0 Å². The fourth-order valence-electron chi connectivity index (χ4n) is 5.56. The normalized spacial score (nSPS) is 14.8. The molecule has 2 atom stereocenters. The number of fused-ring (bicyclic) bond motifs is 1. The lowest BCUT2D eigenvalue weighted by atomic mass is 9.89. The van der Waals surface area contributed by atoms with Crippen LogP contribution in [0.2, 0.25) is 0 Å². The highest BCUT2D eigenvalue weighted by Crippen LogP contribution is 2.44. The van der Waals surface area contributed by atoms with Gasteiger partial charge in [-0.1, -0.05) is 12.1 Å². The first-order valence-electron chi connectivity index (χ1n) is 15.4. The monoisotopic (exact) mass is 675 g/mol. The molecule has 1 amide bonds. The number of nitrogens with zero attached hydrogens (tertiary/aromatic N) is 1.